The van der Waals surface area contributed by atoms with Gasteiger partial charge in [0.1, 0.15) is 16.2 Å². The van der Waals surface area contributed by atoms with Crippen LogP contribution in [0.5, 0.6) is 0 Å². The van der Waals surface area contributed by atoms with Gasteiger partial charge in [-0.05, 0) is 13.8 Å². The summed E-state index contributed by atoms with van der Waals surface area (Å²) in [6, 6.07) is 0. The van der Waals surface area contributed by atoms with Crippen LogP contribution < -0.4 is 0 Å². The molecule has 0 spiro atoms. The number of aromatic nitrogens is 2. The van der Waals surface area contributed by atoms with Crippen molar-refractivity contribution in [1.29, 1.82) is 0 Å². The molecule has 0 saturated carbocycles. The van der Waals surface area contributed by atoms with Gasteiger partial charge in [-0.15, -0.1) is 10.2 Å². The molecule has 1 aromatic heterocycles. The molecule has 0 fully saturated rings. The maximum atomic E-state index is 12.2. The number of hydrogen-bond acceptors (Lipinski definition) is 7. The molecule has 0 bridgehead atoms. The maximum absolute atomic E-state index is 12.2. The zero-order valence-corrected chi connectivity index (χ0v) is 11.9. The van der Waals surface area contributed by atoms with E-state index in [1.54, 1.807) is 21.0 Å². The molecule has 17 heavy (non-hydrogen) atoms. The van der Waals surface area contributed by atoms with Crippen molar-refractivity contribution >= 4 is 18.9 Å². The molecule has 0 aromatic carbocycles. The molecule has 8 heteroatoms. The van der Waals surface area contributed by atoms with Crippen molar-refractivity contribution < 1.29 is 18.3 Å². The highest BCUT2D eigenvalue weighted by Gasteiger charge is 2.26. The Morgan fingerprint density at radius 3 is 2.29 bits per heavy atom. The Balaban J connectivity index is 2.68. The molecule has 0 saturated heterocycles. The van der Waals surface area contributed by atoms with E-state index in [9.17, 15) is 4.57 Å². The summed E-state index contributed by atoms with van der Waals surface area (Å²) in [7, 11) is -1.49. The molecule has 0 atom stereocenters. The van der Waals surface area contributed by atoms with Crippen LogP contribution in [-0.2, 0) is 31.1 Å². The van der Waals surface area contributed by atoms with E-state index in [1.165, 1.54) is 11.3 Å². The van der Waals surface area contributed by atoms with Crippen LogP contribution in [0, 0.1) is 0 Å². The summed E-state index contributed by atoms with van der Waals surface area (Å²) in [6.07, 6.45) is 0.163. The number of nitrogens with zero attached hydrogens (tertiary/aromatic N) is 2. The highest BCUT2D eigenvalue weighted by Crippen LogP contribution is 2.51. The van der Waals surface area contributed by atoms with Crippen molar-refractivity contribution in [2.75, 3.05) is 20.3 Å². The zero-order valence-electron chi connectivity index (χ0n) is 10.2. The summed E-state index contributed by atoms with van der Waals surface area (Å²) in [5.74, 6) is 0. The second-order valence-corrected chi connectivity index (χ2v) is 6.33. The first kappa shape index (κ1) is 14.7. The molecule has 0 aliphatic rings. The fraction of sp³-hybridized carbons (Fsp3) is 0.778. The van der Waals surface area contributed by atoms with Gasteiger partial charge >= 0.3 is 7.60 Å². The van der Waals surface area contributed by atoms with Crippen LogP contribution in [0.15, 0.2) is 0 Å². The third-order valence-electron chi connectivity index (χ3n) is 1.76. The van der Waals surface area contributed by atoms with Crippen molar-refractivity contribution in [3.63, 3.8) is 0 Å². The lowest BCUT2D eigenvalue weighted by atomic mass is 10.8. The Morgan fingerprint density at radius 2 is 1.76 bits per heavy atom. The van der Waals surface area contributed by atoms with Crippen LogP contribution in [0.1, 0.15) is 23.9 Å². The minimum atomic E-state index is -3.08. The summed E-state index contributed by atoms with van der Waals surface area (Å²) in [5, 5.41) is 9.26. The second-order valence-electron chi connectivity index (χ2n) is 3.13. The minimum Gasteiger partial charge on any atom is -0.377 e. The standard InChI is InChI=1S/C9H17N2O4PS/c1-4-14-16(12,15-5-2)7-9-11-10-8(17-9)6-13-3/h4-7H2,1-3H3. The largest absolute Gasteiger partial charge is 0.377 e. The normalized spacial score (nSPS) is 11.9. The topological polar surface area (TPSA) is 70.5 Å². The van der Waals surface area contributed by atoms with E-state index in [0.717, 1.165) is 5.01 Å². The first-order chi connectivity index (χ1) is 8.13. The van der Waals surface area contributed by atoms with Gasteiger partial charge in [0.2, 0.25) is 0 Å². The van der Waals surface area contributed by atoms with E-state index in [0.29, 0.717) is 24.8 Å². The van der Waals surface area contributed by atoms with E-state index in [2.05, 4.69) is 10.2 Å². The van der Waals surface area contributed by atoms with Gasteiger partial charge < -0.3 is 13.8 Å². The highest BCUT2D eigenvalue weighted by molar-refractivity contribution is 7.53. The third-order valence-corrected chi connectivity index (χ3v) is 4.86. The van der Waals surface area contributed by atoms with Gasteiger partial charge in [0.05, 0.1) is 19.8 Å². The summed E-state index contributed by atoms with van der Waals surface area (Å²) in [5.41, 5.74) is 0. The van der Waals surface area contributed by atoms with Crippen LogP contribution in [0.25, 0.3) is 0 Å². The predicted octanol–water partition coefficient (Wildman–Crippen LogP) is 2.45. The molecule has 98 valence electrons. The van der Waals surface area contributed by atoms with E-state index in [1.807, 2.05) is 0 Å². The monoisotopic (exact) mass is 280 g/mol. The Kier molecular flexibility index (Phi) is 6.22. The molecular formula is C9H17N2O4PS. The molecule has 0 amide bonds. The lowest BCUT2D eigenvalue weighted by Gasteiger charge is -2.14. The number of ether oxygens (including phenoxy) is 1. The minimum absolute atomic E-state index is 0.163. The molecule has 1 rings (SSSR count). The summed E-state index contributed by atoms with van der Waals surface area (Å²) >= 11 is 1.36. The van der Waals surface area contributed by atoms with Gasteiger partial charge in [-0.2, -0.15) is 0 Å². The molecule has 1 heterocycles. The molecule has 6 nitrogen and oxygen atoms in total. The van der Waals surface area contributed by atoms with Crippen molar-refractivity contribution in [2.45, 2.75) is 26.6 Å². The molecule has 0 unspecified atom stereocenters. The number of hydrogen-bond donors (Lipinski definition) is 0. The van der Waals surface area contributed by atoms with Crippen LogP contribution in [-0.4, -0.2) is 30.5 Å². The Bertz CT molecular complexity index is 375. The van der Waals surface area contributed by atoms with E-state index in [-0.39, 0.29) is 6.16 Å². The smallest absolute Gasteiger partial charge is 0.337 e. The molecular weight excluding hydrogens is 263 g/mol. The summed E-state index contributed by atoms with van der Waals surface area (Å²) in [6.45, 7) is 4.66. The van der Waals surface area contributed by atoms with Crippen molar-refractivity contribution in [3.05, 3.63) is 10.0 Å². The van der Waals surface area contributed by atoms with E-state index >= 15 is 0 Å². The van der Waals surface area contributed by atoms with Gasteiger partial charge in [-0.25, -0.2) is 0 Å². The van der Waals surface area contributed by atoms with Gasteiger partial charge in [0, 0.05) is 7.11 Å². The first-order valence-electron chi connectivity index (χ1n) is 5.32. The van der Waals surface area contributed by atoms with E-state index < -0.39 is 7.60 Å². The lowest BCUT2D eigenvalue weighted by Crippen LogP contribution is -1.98. The molecule has 0 aliphatic carbocycles. The summed E-state index contributed by atoms with van der Waals surface area (Å²) < 4.78 is 27.5. The average molecular weight is 280 g/mol. The average Bonchev–Trinajstić information content (AvgIpc) is 2.66. The molecule has 0 aliphatic heterocycles. The molecule has 0 N–H and O–H groups in total. The quantitative estimate of drug-likeness (QED) is 0.681. The van der Waals surface area contributed by atoms with Gasteiger partial charge in [-0.1, -0.05) is 11.3 Å². The third kappa shape index (κ3) is 4.81. The Hall–Kier alpha value is -0.330. The van der Waals surface area contributed by atoms with Crippen LogP contribution in [0.2, 0.25) is 0 Å². The fourth-order valence-electron chi connectivity index (χ4n) is 1.22. The molecule has 0 radical (unpaired) electrons. The first-order valence-corrected chi connectivity index (χ1v) is 7.86. The predicted molar refractivity (Wildman–Crippen MR) is 65.2 cm³/mol. The Morgan fingerprint density at radius 1 is 1.18 bits per heavy atom. The van der Waals surface area contributed by atoms with Crippen LogP contribution >= 0.6 is 18.9 Å². The highest BCUT2D eigenvalue weighted by atomic mass is 32.1. The van der Waals surface area contributed by atoms with Crippen molar-refractivity contribution in [2.24, 2.45) is 0 Å². The summed E-state index contributed by atoms with van der Waals surface area (Å²) in [4.78, 5) is 0. The zero-order chi connectivity index (χ0) is 12.7. The van der Waals surface area contributed by atoms with Gasteiger partial charge in [-0.3, -0.25) is 4.57 Å². The van der Waals surface area contributed by atoms with Crippen LogP contribution in [0.3, 0.4) is 0 Å². The fourth-order valence-corrected chi connectivity index (χ4v) is 4.00. The van der Waals surface area contributed by atoms with Crippen molar-refractivity contribution in [1.82, 2.24) is 10.2 Å². The Labute approximate surface area is 105 Å². The molecule has 1 aromatic rings. The van der Waals surface area contributed by atoms with E-state index in [4.69, 9.17) is 13.8 Å². The van der Waals surface area contributed by atoms with Gasteiger partial charge in [0.15, 0.2) is 0 Å². The maximum Gasteiger partial charge on any atom is 0.337 e. The lowest BCUT2D eigenvalue weighted by molar-refractivity contribution is 0.184. The number of methoxy groups -OCH3 is 1. The van der Waals surface area contributed by atoms with Crippen molar-refractivity contribution in [3.8, 4) is 0 Å². The van der Waals surface area contributed by atoms with Crippen LogP contribution in [0.4, 0.5) is 0 Å². The number of rotatable bonds is 8. The second kappa shape index (κ2) is 7.18. The SMILES string of the molecule is CCOP(=O)(Cc1nnc(COC)s1)OCC. The van der Waals surface area contributed by atoms with Gasteiger partial charge in [0.25, 0.3) is 0 Å².